The molecule has 0 aromatic carbocycles. The van der Waals surface area contributed by atoms with Crippen molar-refractivity contribution in [2.75, 3.05) is 0 Å². The third kappa shape index (κ3) is 8.13. The molecular weight excluding hydrogens is 415 g/mol. The van der Waals surface area contributed by atoms with Crippen molar-refractivity contribution in [1.29, 1.82) is 0 Å². The van der Waals surface area contributed by atoms with E-state index >= 15 is 0 Å². The van der Waals surface area contributed by atoms with Crippen LogP contribution < -0.4 is 5.43 Å². The van der Waals surface area contributed by atoms with Crippen LogP contribution in [0.15, 0.2) is 0 Å². The van der Waals surface area contributed by atoms with Gasteiger partial charge in [-0.2, -0.15) is 0 Å². The average molecular weight is 422 g/mol. The molecule has 0 heterocycles. The molecule has 4 N–H and O–H groups in total. The molecule has 0 aromatic heterocycles. The summed E-state index contributed by atoms with van der Waals surface area (Å²) in [7, 11) is 0. The van der Waals surface area contributed by atoms with Crippen molar-refractivity contribution in [2.45, 2.75) is 12.5 Å². The Morgan fingerprint density at radius 2 is 1.92 bits per heavy atom. The first-order valence-electron chi connectivity index (χ1n) is 2.56. The van der Waals surface area contributed by atoms with Crippen molar-refractivity contribution in [3.63, 3.8) is 0 Å². The van der Waals surface area contributed by atoms with Crippen LogP contribution in [-0.2, 0) is 27.3 Å². The molecule has 1 atom stereocenters. The third-order valence-corrected chi connectivity index (χ3v) is 0.851. The van der Waals surface area contributed by atoms with Crippen LogP contribution in [-0.4, -0.2) is 28.2 Å². The summed E-state index contributed by atoms with van der Waals surface area (Å²) in [6.45, 7) is 0. The summed E-state index contributed by atoms with van der Waals surface area (Å²) in [6, 6.07) is -1.32. The zero-order chi connectivity index (χ0) is 10.1. The van der Waals surface area contributed by atoms with Crippen molar-refractivity contribution in [2.24, 2.45) is 0 Å². The number of halogens is 1. The van der Waals surface area contributed by atoms with Gasteiger partial charge in [0.25, 0.3) is 0 Å². The molecule has 0 aromatic rings. The zero-order valence-electron chi connectivity index (χ0n) is 5.69. The standard InChI is InChI=1S/C4H7N2O4.BrH.Pt/c5-6-2(4(9)10)1-3(7)8;;/h2,5-6H,1H2,(H,7,8)(H,9,10);1H;/q-1;;+2/p-1. The van der Waals surface area contributed by atoms with Gasteiger partial charge in [-0.05, 0) is 0 Å². The van der Waals surface area contributed by atoms with Crippen LogP contribution in [0.3, 0.4) is 0 Å². The van der Waals surface area contributed by atoms with Gasteiger partial charge in [-0.3, -0.25) is 9.59 Å². The second kappa shape index (κ2) is 9.12. The van der Waals surface area contributed by atoms with E-state index in [0.29, 0.717) is 0 Å². The Morgan fingerprint density at radius 3 is 2.00 bits per heavy atom. The van der Waals surface area contributed by atoms with Gasteiger partial charge < -0.3 is 21.5 Å². The second-order valence-electron chi connectivity index (χ2n) is 1.63. The Kier molecular flexibility index (Phi) is 11.1. The fourth-order valence-electron chi connectivity index (χ4n) is 0.375. The van der Waals surface area contributed by atoms with E-state index in [4.69, 9.17) is 16.1 Å². The van der Waals surface area contributed by atoms with Crippen LogP contribution in [0.5, 0.6) is 0 Å². The molecule has 1 unspecified atom stereocenters. The number of carboxylic acid groups (broad SMARTS) is 2. The summed E-state index contributed by atoms with van der Waals surface area (Å²) in [5.74, 6) is 3.81. The quantitative estimate of drug-likeness (QED) is 0.566. The third-order valence-electron chi connectivity index (χ3n) is 0.851. The normalized spacial score (nSPS) is 11.0. The first-order valence-corrected chi connectivity index (χ1v) is 7.53. The molecule has 12 heavy (non-hydrogen) atoms. The Labute approximate surface area is 86.5 Å². The first kappa shape index (κ1) is 14.5. The summed E-state index contributed by atoms with van der Waals surface area (Å²) in [6.07, 6.45) is -0.584. The fraction of sp³-hybridized carbons (Fsp3) is 0.500. The number of rotatable bonds is 4. The van der Waals surface area contributed by atoms with E-state index in [1.807, 2.05) is 17.8 Å². The van der Waals surface area contributed by atoms with Crippen molar-refractivity contribution in [1.82, 2.24) is 5.43 Å². The van der Waals surface area contributed by atoms with Crippen LogP contribution in [0, 0.1) is 0 Å². The SMILES string of the molecule is [Br][Pt+].[NH-]NC(CC(=O)O)C(=O)O. The van der Waals surface area contributed by atoms with Gasteiger partial charge in [0.2, 0.25) is 0 Å². The number of hydrogen-bond acceptors (Lipinski definition) is 3. The molecule has 0 radical (unpaired) electrons. The van der Waals surface area contributed by atoms with Gasteiger partial charge in [0, 0.05) is 0 Å². The molecule has 0 rings (SSSR count). The summed E-state index contributed by atoms with van der Waals surface area (Å²) >= 11 is 4.86. The maximum atomic E-state index is 10.0. The van der Waals surface area contributed by atoms with Gasteiger partial charge in [0.05, 0.1) is 12.5 Å². The van der Waals surface area contributed by atoms with E-state index in [1.54, 1.807) is 5.43 Å². The van der Waals surface area contributed by atoms with E-state index in [-0.39, 0.29) is 0 Å². The average Bonchev–Trinajstić information content (AvgIpc) is 2.03. The molecule has 74 valence electrons. The Bertz CT molecular complexity index is 156. The fourth-order valence-corrected chi connectivity index (χ4v) is 0.375. The summed E-state index contributed by atoms with van der Waals surface area (Å²) < 4.78 is 0. The molecule has 0 bridgehead atoms. The minimum absolute atomic E-state index is 0.584. The van der Waals surface area contributed by atoms with E-state index in [0.717, 1.165) is 0 Å². The minimum atomic E-state index is -1.34. The van der Waals surface area contributed by atoms with Crippen molar-refractivity contribution >= 4 is 25.2 Å². The van der Waals surface area contributed by atoms with Crippen molar-refractivity contribution in [3.05, 3.63) is 5.84 Å². The van der Waals surface area contributed by atoms with Gasteiger partial charge in [0.15, 0.2) is 0 Å². The van der Waals surface area contributed by atoms with Crippen LogP contribution in [0.25, 0.3) is 5.84 Å². The van der Waals surface area contributed by atoms with Gasteiger partial charge in [-0.25, -0.2) is 0 Å². The topological polar surface area (TPSA) is 110 Å². The molecular formula is C4H7BrN2O4Pt. The summed E-state index contributed by atoms with van der Waals surface area (Å²) in [4.78, 5) is 19.9. The molecule has 8 heteroatoms. The molecule has 0 aliphatic heterocycles. The molecule has 0 aliphatic carbocycles. The molecule has 0 aliphatic rings. The zero-order valence-corrected chi connectivity index (χ0v) is 9.55. The minimum Gasteiger partial charge on any atom is -0.612 e. The molecule has 0 saturated heterocycles. The van der Waals surface area contributed by atoms with Gasteiger partial charge in [-0.15, -0.1) is 0 Å². The number of nitrogens with one attached hydrogen (secondary N) is 2. The number of carboxylic acids is 2. The Morgan fingerprint density at radius 1 is 1.50 bits per heavy atom. The van der Waals surface area contributed by atoms with E-state index in [9.17, 15) is 9.59 Å². The van der Waals surface area contributed by atoms with Crippen molar-refractivity contribution < 1.29 is 37.6 Å². The van der Waals surface area contributed by atoms with Crippen LogP contribution in [0.2, 0.25) is 0 Å². The van der Waals surface area contributed by atoms with Gasteiger partial charge in [0.1, 0.15) is 0 Å². The smallest absolute Gasteiger partial charge is 0.319 e. The summed E-state index contributed by atoms with van der Waals surface area (Å²) in [5.41, 5.74) is 1.60. The number of aliphatic carboxylic acids is 2. The Hall–Kier alpha value is 0.0283. The molecule has 0 amide bonds. The number of carbonyl (C=O) groups is 2. The second-order valence-corrected chi connectivity index (χ2v) is 1.63. The molecule has 0 fully saturated rings. The van der Waals surface area contributed by atoms with Gasteiger partial charge >= 0.3 is 43.0 Å². The predicted molar refractivity (Wildman–Crippen MR) is 40.1 cm³/mol. The van der Waals surface area contributed by atoms with Crippen LogP contribution in [0.4, 0.5) is 0 Å². The van der Waals surface area contributed by atoms with Crippen molar-refractivity contribution in [3.8, 4) is 0 Å². The first-order chi connectivity index (χ1) is 5.57. The van der Waals surface area contributed by atoms with Crippen LogP contribution in [0.1, 0.15) is 6.42 Å². The van der Waals surface area contributed by atoms with Gasteiger partial charge in [-0.1, -0.05) is 0 Å². The largest absolute Gasteiger partial charge is 0.612 e. The van der Waals surface area contributed by atoms with E-state index < -0.39 is 24.4 Å². The van der Waals surface area contributed by atoms with E-state index in [1.165, 1.54) is 0 Å². The molecule has 6 nitrogen and oxygen atoms in total. The monoisotopic (exact) mass is 421 g/mol. The summed E-state index contributed by atoms with van der Waals surface area (Å²) in [5, 5.41) is 16.3. The molecule has 0 saturated carbocycles. The number of hydrogen-bond donors (Lipinski definition) is 3. The molecule has 0 spiro atoms. The predicted octanol–water partition coefficient (Wildman–Crippen LogP) is 0.314. The maximum Gasteiger partial charge on any atom is 0.319 e. The Balaban J connectivity index is 0. The maximum absolute atomic E-state index is 10.0. The van der Waals surface area contributed by atoms with E-state index in [2.05, 4.69) is 13.3 Å². The van der Waals surface area contributed by atoms with Crippen LogP contribution >= 0.6 is 13.3 Å².